The van der Waals surface area contributed by atoms with Crippen molar-refractivity contribution in [3.63, 3.8) is 0 Å². The lowest BCUT2D eigenvalue weighted by Crippen LogP contribution is -2.23. The molecule has 0 aliphatic rings. The van der Waals surface area contributed by atoms with Crippen molar-refractivity contribution >= 4 is 28.5 Å². The van der Waals surface area contributed by atoms with Gasteiger partial charge in [-0.25, -0.2) is 8.78 Å². The Labute approximate surface area is 215 Å². The fraction of sp³-hybridized carbons (Fsp3) is 0.633. The predicted octanol–water partition coefficient (Wildman–Crippen LogP) is 9.93. The van der Waals surface area contributed by atoms with Crippen molar-refractivity contribution in [2.24, 2.45) is 0 Å². The molecule has 0 saturated heterocycles. The number of hydrogen-bond donors (Lipinski definition) is 0. The van der Waals surface area contributed by atoms with Gasteiger partial charge in [0.15, 0.2) is 0 Å². The Morgan fingerprint density at radius 1 is 0.771 bits per heavy atom. The third kappa shape index (κ3) is 11.3. The molecule has 0 radical (unpaired) electrons. The number of thioether (sulfide) groups is 1. The molecule has 0 heterocycles. The van der Waals surface area contributed by atoms with Crippen LogP contribution >= 0.6 is 11.8 Å². The molecule has 0 aliphatic carbocycles. The first-order chi connectivity index (χ1) is 17.1. The van der Waals surface area contributed by atoms with Crippen LogP contribution in [0.1, 0.15) is 108 Å². The standard InChI is InChI=1S/C30H44F2O2S/c1-3-4-5-6-7-8-9-10-11-12-13-14-15-16-21-34-30(33)28(29(31)32)26-18-17-25-23-27(35-2)20-19-24(25)22-26/h17-20,22-23,28-29H,3-16,21H2,1-2H3. The molecule has 1 unspecified atom stereocenters. The zero-order valence-corrected chi connectivity index (χ0v) is 22.5. The van der Waals surface area contributed by atoms with Crippen LogP contribution in [0.25, 0.3) is 10.8 Å². The van der Waals surface area contributed by atoms with E-state index in [-0.39, 0.29) is 6.61 Å². The number of carbonyl (C=O) groups excluding carboxylic acids is 1. The molecule has 0 saturated carbocycles. The van der Waals surface area contributed by atoms with Crippen LogP contribution in [0.5, 0.6) is 0 Å². The van der Waals surface area contributed by atoms with Crippen LogP contribution in [0, 0.1) is 0 Å². The Kier molecular flexibility index (Phi) is 15.0. The van der Waals surface area contributed by atoms with Gasteiger partial charge >= 0.3 is 5.97 Å². The van der Waals surface area contributed by atoms with E-state index in [1.165, 1.54) is 70.6 Å². The molecule has 0 aliphatic heterocycles. The second kappa shape index (κ2) is 17.8. The molecule has 0 N–H and O–H groups in total. The number of hydrogen-bond acceptors (Lipinski definition) is 3. The molecule has 2 aromatic carbocycles. The predicted molar refractivity (Wildman–Crippen MR) is 146 cm³/mol. The number of ether oxygens (including phenoxy) is 1. The number of alkyl halides is 2. The van der Waals surface area contributed by atoms with Gasteiger partial charge < -0.3 is 4.74 Å². The van der Waals surface area contributed by atoms with E-state index in [1.54, 1.807) is 30.0 Å². The summed E-state index contributed by atoms with van der Waals surface area (Å²) in [5.74, 6) is -2.36. The SMILES string of the molecule is CCCCCCCCCCCCCCCCOC(=O)C(c1ccc2cc(SC)ccc2c1)C(F)F. The molecule has 0 bridgehead atoms. The average molecular weight is 507 g/mol. The quantitative estimate of drug-likeness (QED) is 0.108. The lowest BCUT2D eigenvalue weighted by atomic mass is 9.96. The number of carbonyl (C=O) groups is 1. The van der Waals surface area contributed by atoms with Gasteiger partial charge in [0.2, 0.25) is 0 Å². The number of rotatable bonds is 19. The molecule has 5 heteroatoms. The van der Waals surface area contributed by atoms with Gasteiger partial charge in [-0.1, -0.05) is 115 Å². The molecule has 2 aromatic rings. The van der Waals surface area contributed by atoms with E-state index in [4.69, 9.17) is 4.74 Å². The minimum absolute atomic E-state index is 0.213. The highest BCUT2D eigenvalue weighted by atomic mass is 32.2. The van der Waals surface area contributed by atoms with Crippen LogP contribution in [0.15, 0.2) is 41.3 Å². The summed E-state index contributed by atoms with van der Waals surface area (Å²) in [5, 5.41) is 1.83. The van der Waals surface area contributed by atoms with Gasteiger partial charge in [-0.2, -0.15) is 0 Å². The molecule has 1 atom stereocenters. The van der Waals surface area contributed by atoms with E-state index >= 15 is 0 Å². The zero-order chi connectivity index (χ0) is 25.3. The van der Waals surface area contributed by atoms with Crippen molar-refractivity contribution in [2.75, 3.05) is 12.9 Å². The average Bonchev–Trinajstić information content (AvgIpc) is 2.86. The highest BCUT2D eigenvalue weighted by molar-refractivity contribution is 7.98. The molecule has 35 heavy (non-hydrogen) atoms. The van der Waals surface area contributed by atoms with Crippen LogP contribution in [-0.4, -0.2) is 25.3 Å². The summed E-state index contributed by atoms with van der Waals surface area (Å²) in [4.78, 5) is 13.6. The van der Waals surface area contributed by atoms with Gasteiger partial charge in [0.05, 0.1) is 6.61 Å². The van der Waals surface area contributed by atoms with E-state index < -0.39 is 18.3 Å². The van der Waals surface area contributed by atoms with Gasteiger partial charge in [-0.15, -0.1) is 11.8 Å². The van der Waals surface area contributed by atoms with Gasteiger partial charge in [-0.05, 0) is 41.1 Å². The van der Waals surface area contributed by atoms with E-state index in [2.05, 4.69) is 6.92 Å². The first-order valence-corrected chi connectivity index (χ1v) is 14.8. The first-order valence-electron chi connectivity index (χ1n) is 13.6. The van der Waals surface area contributed by atoms with Gasteiger partial charge in [0.25, 0.3) is 6.43 Å². The molecule has 0 amide bonds. The molecular weight excluding hydrogens is 462 g/mol. The first kappa shape index (κ1) is 29.6. The number of unbranched alkanes of at least 4 members (excludes halogenated alkanes) is 13. The number of esters is 1. The van der Waals surface area contributed by atoms with Crippen molar-refractivity contribution in [2.45, 2.75) is 114 Å². The molecular formula is C30H44F2O2S. The second-order valence-electron chi connectivity index (χ2n) is 9.55. The summed E-state index contributed by atoms with van der Waals surface area (Å²) >= 11 is 1.63. The van der Waals surface area contributed by atoms with Crippen molar-refractivity contribution in [1.82, 2.24) is 0 Å². The Balaban J connectivity index is 1.60. The topological polar surface area (TPSA) is 26.3 Å². The highest BCUT2D eigenvalue weighted by Gasteiger charge is 2.31. The van der Waals surface area contributed by atoms with Crippen LogP contribution in [0.2, 0.25) is 0 Å². The molecule has 2 nitrogen and oxygen atoms in total. The van der Waals surface area contributed by atoms with Crippen molar-refractivity contribution in [3.05, 3.63) is 42.0 Å². The highest BCUT2D eigenvalue weighted by Crippen LogP contribution is 2.30. The second-order valence-corrected chi connectivity index (χ2v) is 10.4. The lowest BCUT2D eigenvalue weighted by molar-refractivity contribution is -0.149. The minimum Gasteiger partial charge on any atom is -0.465 e. The molecule has 0 aromatic heterocycles. The van der Waals surface area contributed by atoms with E-state index in [0.29, 0.717) is 5.56 Å². The largest absolute Gasteiger partial charge is 0.465 e. The van der Waals surface area contributed by atoms with E-state index in [1.807, 2.05) is 24.5 Å². The number of benzene rings is 2. The summed E-state index contributed by atoms with van der Waals surface area (Å²) in [6.07, 6.45) is 16.6. The molecule has 0 spiro atoms. The van der Waals surface area contributed by atoms with Crippen molar-refractivity contribution < 1.29 is 18.3 Å². The third-order valence-corrected chi connectivity index (χ3v) is 7.40. The summed E-state index contributed by atoms with van der Waals surface area (Å²) in [6, 6.07) is 11.0. The minimum atomic E-state index is -2.79. The lowest BCUT2D eigenvalue weighted by Gasteiger charge is -2.16. The summed E-state index contributed by atoms with van der Waals surface area (Å²) in [6.45, 7) is 2.47. The normalized spacial score (nSPS) is 12.4. The number of halogens is 2. The van der Waals surface area contributed by atoms with Gasteiger partial charge in [0, 0.05) is 4.90 Å². The zero-order valence-electron chi connectivity index (χ0n) is 21.7. The van der Waals surface area contributed by atoms with Gasteiger partial charge in [0.1, 0.15) is 5.92 Å². The molecule has 0 fully saturated rings. The van der Waals surface area contributed by atoms with Crippen LogP contribution < -0.4 is 0 Å². The Morgan fingerprint density at radius 3 is 1.83 bits per heavy atom. The summed E-state index contributed by atoms with van der Waals surface area (Å²) in [5.41, 5.74) is 0.315. The molecule has 2 rings (SSSR count). The smallest absolute Gasteiger partial charge is 0.319 e. The van der Waals surface area contributed by atoms with Crippen LogP contribution in [-0.2, 0) is 9.53 Å². The molecule has 196 valence electrons. The van der Waals surface area contributed by atoms with Crippen molar-refractivity contribution in [3.8, 4) is 0 Å². The fourth-order valence-corrected chi connectivity index (χ4v) is 4.96. The Bertz CT molecular complexity index is 855. The van der Waals surface area contributed by atoms with Crippen molar-refractivity contribution in [1.29, 1.82) is 0 Å². The van der Waals surface area contributed by atoms with Crippen LogP contribution in [0.3, 0.4) is 0 Å². The van der Waals surface area contributed by atoms with E-state index in [0.717, 1.165) is 34.9 Å². The number of fused-ring (bicyclic) bond motifs is 1. The summed E-state index contributed by atoms with van der Waals surface area (Å²) < 4.78 is 32.7. The Hall–Kier alpha value is -1.62. The fourth-order valence-electron chi connectivity index (χ4n) is 4.51. The maximum Gasteiger partial charge on any atom is 0.319 e. The third-order valence-electron chi connectivity index (χ3n) is 6.68. The van der Waals surface area contributed by atoms with Gasteiger partial charge in [-0.3, -0.25) is 4.79 Å². The van der Waals surface area contributed by atoms with Crippen LogP contribution in [0.4, 0.5) is 8.78 Å². The monoisotopic (exact) mass is 506 g/mol. The Morgan fingerprint density at radius 2 is 1.29 bits per heavy atom. The van der Waals surface area contributed by atoms with E-state index in [9.17, 15) is 13.6 Å². The maximum absolute atomic E-state index is 13.7. The maximum atomic E-state index is 13.7. The summed E-state index contributed by atoms with van der Waals surface area (Å²) in [7, 11) is 0.